The van der Waals surface area contributed by atoms with Crippen LogP contribution in [0.4, 0.5) is 5.69 Å². The van der Waals surface area contributed by atoms with E-state index in [0.29, 0.717) is 24.5 Å². The molecule has 1 amide bonds. The summed E-state index contributed by atoms with van der Waals surface area (Å²) >= 11 is 5.74. The molecule has 0 bridgehead atoms. The van der Waals surface area contributed by atoms with Gasteiger partial charge in [0.15, 0.2) is 0 Å². The lowest BCUT2D eigenvalue weighted by Gasteiger charge is -2.18. The number of rotatable bonds is 3. The summed E-state index contributed by atoms with van der Waals surface area (Å²) in [7, 11) is 0. The standard InChI is InChI=1S/C13H11ClN2O3/c14-5-9-4-12(17)16(7-9)11-2-1-8(6-15)3-10(11)13(18)19/h1-3,9H,4-5,7H2,(H,18,19). The highest BCUT2D eigenvalue weighted by atomic mass is 35.5. The highest BCUT2D eigenvalue weighted by molar-refractivity contribution is 6.18. The topological polar surface area (TPSA) is 81.4 Å². The first-order chi connectivity index (χ1) is 9.06. The number of anilines is 1. The Hall–Kier alpha value is -2.06. The lowest BCUT2D eigenvalue weighted by Crippen LogP contribution is -2.26. The zero-order chi connectivity index (χ0) is 14.0. The Labute approximate surface area is 115 Å². The number of nitrogens with zero attached hydrogens (tertiary/aromatic N) is 2. The molecular formula is C13H11ClN2O3. The number of benzene rings is 1. The van der Waals surface area contributed by atoms with Gasteiger partial charge in [0, 0.05) is 18.8 Å². The van der Waals surface area contributed by atoms with Crippen molar-refractivity contribution in [1.82, 2.24) is 0 Å². The Balaban J connectivity index is 2.43. The summed E-state index contributed by atoms with van der Waals surface area (Å²) < 4.78 is 0. The van der Waals surface area contributed by atoms with E-state index in [1.54, 1.807) is 0 Å². The fourth-order valence-electron chi connectivity index (χ4n) is 2.13. The zero-order valence-electron chi connectivity index (χ0n) is 9.97. The maximum absolute atomic E-state index is 11.9. The molecule has 1 heterocycles. The van der Waals surface area contributed by atoms with Crippen molar-refractivity contribution >= 4 is 29.2 Å². The molecule has 2 rings (SSSR count). The molecule has 0 aromatic heterocycles. The van der Waals surface area contributed by atoms with Crippen molar-refractivity contribution in [2.75, 3.05) is 17.3 Å². The molecular weight excluding hydrogens is 268 g/mol. The van der Waals surface area contributed by atoms with Crippen LogP contribution in [0, 0.1) is 17.2 Å². The second-order valence-electron chi connectivity index (χ2n) is 4.38. The monoisotopic (exact) mass is 278 g/mol. The molecule has 0 spiro atoms. The van der Waals surface area contributed by atoms with Gasteiger partial charge < -0.3 is 10.0 Å². The van der Waals surface area contributed by atoms with Crippen LogP contribution in [0.5, 0.6) is 0 Å². The van der Waals surface area contributed by atoms with Crippen LogP contribution in [0.25, 0.3) is 0 Å². The molecule has 1 aliphatic rings. The Kier molecular flexibility index (Phi) is 3.72. The van der Waals surface area contributed by atoms with Crippen LogP contribution in [0.2, 0.25) is 0 Å². The van der Waals surface area contributed by atoms with Crippen molar-refractivity contribution in [3.8, 4) is 6.07 Å². The molecule has 1 saturated heterocycles. The fraction of sp³-hybridized carbons (Fsp3) is 0.308. The molecule has 0 radical (unpaired) electrons. The van der Waals surface area contributed by atoms with Gasteiger partial charge in [-0.05, 0) is 24.1 Å². The molecule has 1 aromatic rings. The van der Waals surface area contributed by atoms with Crippen LogP contribution in [0.15, 0.2) is 18.2 Å². The molecule has 19 heavy (non-hydrogen) atoms. The molecule has 1 N–H and O–H groups in total. The summed E-state index contributed by atoms with van der Waals surface area (Å²) in [6.07, 6.45) is 0.322. The highest BCUT2D eigenvalue weighted by Crippen LogP contribution is 2.29. The Morgan fingerprint density at radius 1 is 1.58 bits per heavy atom. The average molecular weight is 279 g/mol. The highest BCUT2D eigenvalue weighted by Gasteiger charge is 2.32. The van der Waals surface area contributed by atoms with Gasteiger partial charge in [-0.25, -0.2) is 4.79 Å². The lowest BCUT2D eigenvalue weighted by molar-refractivity contribution is -0.117. The summed E-state index contributed by atoms with van der Waals surface area (Å²) in [5.74, 6) is -0.903. The Morgan fingerprint density at radius 3 is 2.84 bits per heavy atom. The third-order valence-corrected chi connectivity index (χ3v) is 3.51. The van der Waals surface area contributed by atoms with Gasteiger partial charge in [-0.1, -0.05) is 0 Å². The van der Waals surface area contributed by atoms with Crippen LogP contribution < -0.4 is 4.90 Å². The number of aromatic carboxylic acids is 1. The van der Waals surface area contributed by atoms with Crippen LogP contribution >= 0.6 is 11.6 Å². The summed E-state index contributed by atoms with van der Waals surface area (Å²) in [4.78, 5) is 24.5. The van der Waals surface area contributed by atoms with E-state index in [-0.39, 0.29) is 23.0 Å². The van der Waals surface area contributed by atoms with Crippen LogP contribution in [0.3, 0.4) is 0 Å². The minimum atomic E-state index is -1.16. The fourth-order valence-corrected chi connectivity index (χ4v) is 2.34. The van der Waals surface area contributed by atoms with E-state index in [1.807, 2.05) is 6.07 Å². The number of hydrogen-bond donors (Lipinski definition) is 1. The maximum Gasteiger partial charge on any atom is 0.337 e. The van der Waals surface area contributed by atoms with Crippen molar-refractivity contribution in [2.24, 2.45) is 5.92 Å². The molecule has 1 aliphatic heterocycles. The molecule has 1 atom stereocenters. The number of nitriles is 1. The SMILES string of the molecule is N#Cc1ccc(N2CC(CCl)CC2=O)c(C(=O)O)c1. The van der Waals surface area contributed by atoms with E-state index in [4.69, 9.17) is 16.9 Å². The smallest absolute Gasteiger partial charge is 0.337 e. The third-order valence-electron chi connectivity index (χ3n) is 3.07. The largest absolute Gasteiger partial charge is 0.478 e. The van der Waals surface area contributed by atoms with Gasteiger partial charge in [0.1, 0.15) is 0 Å². The Bertz CT molecular complexity index is 580. The van der Waals surface area contributed by atoms with Crippen molar-refractivity contribution < 1.29 is 14.7 Å². The second kappa shape index (κ2) is 5.29. The predicted molar refractivity (Wildman–Crippen MR) is 69.3 cm³/mol. The molecule has 1 aromatic carbocycles. The van der Waals surface area contributed by atoms with E-state index >= 15 is 0 Å². The third kappa shape index (κ3) is 2.54. The van der Waals surface area contributed by atoms with Crippen molar-refractivity contribution in [3.63, 3.8) is 0 Å². The number of carboxylic acids is 1. The second-order valence-corrected chi connectivity index (χ2v) is 4.69. The molecule has 1 unspecified atom stereocenters. The molecule has 1 fully saturated rings. The normalized spacial score (nSPS) is 18.4. The van der Waals surface area contributed by atoms with Gasteiger partial charge >= 0.3 is 5.97 Å². The quantitative estimate of drug-likeness (QED) is 0.856. The van der Waals surface area contributed by atoms with Gasteiger partial charge in [0.2, 0.25) is 5.91 Å². The van der Waals surface area contributed by atoms with E-state index in [0.717, 1.165) is 0 Å². The first-order valence-electron chi connectivity index (χ1n) is 5.70. The number of amides is 1. The van der Waals surface area contributed by atoms with Crippen LogP contribution in [-0.2, 0) is 4.79 Å². The minimum absolute atomic E-state index is 0.0338. The van der Waals surface area contributed by atoms with E-state index in [2.05, 4.69) is 0 Å². The predicted octanol–water partition coefficient (Wildman–Crippen LogP) is 1.85. The van der Waals surface area contributed by atoms with Gasteiger partial charge in [0.05, 0.1) is 22.9 Å². The maximum atomic E-state index is 11.9. The lowest BCUT2D eigenvalue weighted by atomic mass is 10.1. The first kappa shape index (κ1) is 13.4. The van der Waals surface area contributed by atoms with E-state index in [1.165, 1.54) is 23.1 Å². The number of carboxylic acid groups (broad SMARTS) is 1. The summed E-state index contributed by atoms with van der Waals surface area (Å²) in [5.41, 5.74) is 0.536. The molecule has 0 aliphatic carbocycles. The Morgan fingerprint density at radius 2 is 2.32 bits per heavy atom. The molecule has 5 nitrogen and oxygen atoms in total. The van der Waals surface area contributed by atoms with Gasteiger partial charge in [-0.2, -0.15) is 5.26 Å². The van der Waals surface area contributed by atoms with Gasteiger partial charge in [-0.3, -0.25) is 4.79 Å². The number of halogens is 1. The van der Waals surface area contributed by atoms with Crippen molar-refractivity contribution in [1.29, 1.82) is 5.26 Å². The number of carbonyl (C=O) groups excluding carboxylic acids is 1. The van der Waals surface area contributed by atoms with Crippen LogP contribution in [-0.4, -0.2) is 29.4 Å². The van der Waals surface area contributed by atoms with Gasteiger partial charge in [-0.15, -0.1) is 11.6 Å². The van der Waals surface area contributed by atoms with Gasteiger partial charge in [0.25, 0.3) is 0 Å². The molecule has 0 saturated carbocycles. The number of alkyl halides is 1. The summed E-state index contributed by atoms with van der Waals surface area (Å²) in [5, 5.41) is 18.0. The number of carbonyl (C=O) groups is 2. The minimum Gasteiger partial charge on any atom is -0.478 e. The summed E-state index contributed by atoms with van der Waals surface area (Å²) in [6, 6.07) is 6.16. The first-order valence-corrected chi connectivity index (χ1v) is 6.24. The van der Waals surface area contributed by atoms with E-state index < -0.39 is 5.97 Å². The molecule has 98 valence electrons. The van der Waals surface area contributed by atoms with Crippen LogP contribution in [0.1, 0.15) is 22.3 Å². The van der Waals surface area contributed by atoms with E-state index in [9.17, 15) is 14.7 Å². The number of hydrogen-bond acceptors (Lipinski definition) is 3. The van der Waals surface area contributed by atoms with Crippen molar-refractivity contribution in [3.05, 3.63) is 29.3 Å². The molecule has 6 heteroatoms. The summed E-state index contributed by atoms with van der Waals surface area (Å²) in [6.45, 7) is 0.411. The van der Waals surface area contributed by atoms with Crippen molar-refractivity contribution in [2.45, 2.75) is 6.42 Å². The zero-order valence-corrected chi connectivity index (χ0v) is 10.7. The average Bonchev–Trinajstić information content (AvgIpc) is 2.79.